The standard InChI is InChI=1S/C26H25N3O3S/c30-26(31)17-32-23-9-8-19(22-18-33-24-6-2-1-5-21(22)24)15-20(23)16-28-11-13-29(14-12-28)25-7-3-4-10-27-25/h1-10,15,18H,11-14,16-17H2,(H,30,31). The Kier molecular flexibility index (Phi) is 6.24. The van der Waals surface area contributed by atoms with Crippen molar-refractivity contribution < 1.29 is 14.6 Å². The van der Waals surface area contributed by atoms with E-state index in [1.807, 2.05) is 36.5 Å². The van der Waals surface area contributed by atoms with Gasteiger partial charge in [-0.1, -0.05) is 30.3 Å². The van der Waals surface area contributed by atoms with Crippen molar-refractivity contribution in [1.82, 2.24) is 9.88 Å². The molecule has 1 aliphatic heterocycles. The van der Waals surface area contributed by atoms with Crippen molar-refractivity contribution in [3.05, 3.63) is 77.8 Å². The summed E-state index contributed by atoms with van der Waals surface area (Å²) in [6.07, 6.45) is 1.83. The summed E-state index contributed by atoms with van der Waals surface area (Å²) < 4.78 is 6.90. The number of ether oxygens (including phenoxy) is 1. The monoisotopic (exact) mass is 459 g/mol. The summed E-state index contributed by atoms with van der Waals surface area (Å²) >= 11 is 1.74. The molecule has 0 amide bonds. The first-order valence-electron chi connectivity index (χ1n) is 11.0. The Balaban J connectivity index is 1.37. The number of fused-ring (bicyclic) bond motifs is 1. The Bertz CT molecular complexity index is 1250. The van der Waals surface area contributed by atoms with Gasteiger partial charge >= 0.3 is 5.97 Å². The molecular weight excluding hydrogens is 434 g/mol. The molecule has 7 heteroatoms. The Morgan fingerprint density at radius 3 is 2.64 bits per heavy atom. The summed E-state index contributed by atoms with van der Waals surface area (Å²) in [4.78, 5) is 20.2. The SMILES string of the molecule is O=C(O)COc1ccc(-c2csc3ccccc23)cc1CN1CCN(c2ccccn2)CC1. The van der Waals surface area contributed by atoms with Gasteiger partial charge < -0.3 is 14.7 Å². The van der Waals surface area contributed by atoms with Crippen LogP contribution in [0.25, 0.3) is 21.2 Å². The van der Waals surface area contributed by atoms with Gasteiger partial charge in [0.1, 0.15) is 11.6 Å². The first-order valence-corrected chi connectivity index (χ1v) is 11.9. The smallest absolute Gasteiger partial charge is 0.341 e. The van der Waals surface area contributed by atoms with E-state index >= 15 is 0 Å². The number of thiophene rings is 1. The topological polar surface area (TPSA) is 65.9 Å². The Hall–Kier alpha value is -3.42. The fourth-order valence-corrected chi connectivity index (χ4v) is 5.24. The number of nitrogens with zero attached hydrogens (tertiary/aromatic N) is 3. The molecule has 0 spiro atoms. The van der Waals surface area contributed by atoms with Gasteiger partial charge in [0.15, 0.2) is 6.61 Å². The predicted molar refractivity (Wildman–Crippen MR) is 132 cm³/mol. The number of hydrogen-bond donors (Lipinski definition) is 1. The number of carbonyl (C=O) groups is 1. The fourth-order valence-electron chi connectivity index (χ4n) is 4.27. The van der Waals surface area contributed by atoms with E-state index in [0.29, 0.717) is 12.3 Å². The second-order valence-electron chi connectivity index (χ2n) is 8.10. The molecule has 6 nitrogen and oxygen atoms in total. The van der Waals surface area contributed by atoms with E-state index in [1.165, 1.54) is 15.6 Å². The number of hydrogen-bond acceptors (Lipinski definition) is 6. The lowest BCUT2D eigenvalue weighted by Gasteiger charge is -2.35. The van der Waals surface area contributed by atoms with Crippen LogP contribution in [0.4, 0.5) is 5.82 Å². The van der Waals surface area contributed by atoms with Crippen LogP contribution in [0, 0.1) is 0 Å². The molecule has 0 radical (unpaired) electrons. The number of aliphatic carboxylic acids is 1. The Morgan fingerprint density at radius 2 is 1.85 bits per heavy atom. The van der Waals surface area contributed by atoms with Crippen LogP contribution < -0.4 is 9.64 Å². The summed E-state index contributed by atoms with van der Waals surface area (Å²) in [5.74, 6) is 0.666. The van der Waals surface area contributed by atoms with Gasteiger partial charge in [0.05, 0.1) is 0 Å². The molecule has 1 saturated heterocycles. The highest BCUT2D eigenvalue weighted by atomic mass is 32.1. The van der Waals surface area contributed by atoms with Crippen LogP contribution in [0.15, 0.2) is 72.2 Å². The van der Waals surface area contributed by atoms with Gasteiger partial charge in [-0.25, -0.2) is 9.78 Å². The molecule has 1 fully saturated rings. The molecule has 1 aliphatic rings. The van der Waals surface area contributed by atoms with E-state index in [4.69, 9.17) is 9.84 Å². The number of aromatic nitrogens is 1. The molecule has 0 bridgehead atoms. The third kappa shape index (κ3) is 4.84. The van der Waals surface area contributed by atoms with Crippen molar-refractivity contribution in [2.45, 2.75) is 6.54 Å². The van der Waals surface area contributed by atoms with Crippen LogP contribution in [0.3, 0.4) is 0 Å². The molecule has 0 atom stereocenters. The van der Waals surface area contributed by atoms with Crippen LogP contribution in [0.1, 0.15) is 5.56 Å². The maximum atomic E-state index is 11.1. The molecule has 0 aliphatic carbocycles. The van der Waals surface area contributed by atoms with Crippen molar-refractivity contribution >= 4 is 33.2 Å². The van der Waals surface area contributed by atoms with Crippen LogP contribution in [0.5, 0.6) is 5.75 Å². The molecule has 2 aromatic carbocycles. The normalized spacial score (nSPS) is 14.5. The first kappa shape index (κ1) is 21.4. The summed E-state index contributed by atoms with van der Waals surface area (Å²) in [5.41, 5.74) is 3.33. The molecule has 4 aromatic rings. The minimum atomic E-state index is -0.974. The number of carboxylic acid groups (broad SMARTS) is 1. The second kappa shape index (κ2) is 9.60. The van der Waals surface area contributed by atoms with Crippen LogP contribution in [-0.4, -0.2) is 53.7 Å². The van der Waals surface area contributed by atoms with Gasteiger partial charge in [-0.2, -0.15) is 0 Å². The quantitative estimate of drug-likeness (QED) is 0.430. The second-order valence-corrected chi connectivity index (χ2v) is 9.01. The summed E-state index contributed by atoms with van der Waals surface area (Å²) in [6.45, 7) is 3.97. The van der Waals surface area contributed by atoms with Gasteiger partial charge in [-0.15, -0.1) is 11.3 Å². The zero-order valence-electron chi connectivity index (χ0n) is 18.2. The highest BCUT2D eigenvalue weighted by molar-refractivity contribution is 7.17. The van der Waals surface area contributed by atoms with Crippen LogP contribution in [-0.2, 0) is 11.3 Å². The molecular formula is C26H25N3O3S. The number of anilines is 1. The average molecular weight is 460 g/mol. The highest BCUT2D eigenvalue weighted by Crippen LogP contribution is 2.36. The lowest BCUT2D eigenvalue weighted by molar-refractivity contribution is -0.139. The van der Waals surface area contributed by atoms with E-state index in [2.05, 4.69) is 50.5 Å². The minimum Gasteiger partial charge on any atom is -0.482 e. The first-order chi connectivity index (χ1) is 16.2. The van der Waals surface area contributed by atoms with E-state index in [9.17, 15) is 4.79 Å². The van der Waals surface area contributed by atoms with Crippen molar-refractivity contribution in [3.8, 4) is 16.9 Å². The van der Waals surface area contributed by atoms with E-state index in [1.54, 1.807) is 11.3 Å². The Morgan fingerprint density at radius 1 is 1.03 bits per heavy atom. The van der Waals surface area contributed by atoms with Gasteiger partial charge in [-0.05, 0) is 41.3 Å². The van der Waals surface area contributed by atoms with Gasteiger partial charge in [0, 0.05) is 60.1 Å². The maximum absolute atomic E-state index is 11.1. The zero-order valence-corrected chi connectivity index (χ0v) is 19.0. The van der Waals surface area contributed by atoms with Crippen LogP contribution in [0.2, 0.25) is 0 Å². The lowest BCUT2D eigenvalue weighted by atomic mass is 10.0. The van der Waals surface area contributed by atoms with Crippen LogP contribution >= 0.6 is 11.3 Å². The number of pyridine rings is 1. The number of benzene rings is 2. The fraction of sp³-hybridized carbons (Fsp3) is 0.231. The summed E-state index contributed by atoms with van der Waals surface area (Å²) in [6, 6.07) is 20.5. The number of piperazine rings is 1. The van der Waals surface area contributed by atoms with Gasteiger partial charge in [-0.3, -0.25) is 4.90 Å². The van der Waals surface area contributed by atoms with Crippen molar-refractivity contribution in [3.63, 3.8) is 0 Å². The summed E-state index contributed by atoms with van der Waals surface area (Å²) in [7, 11) is 0. The molecule has 0 saturated carbocycles. The van der Waals surface area contributed by atoms with Gasteiger partial charge in [0.2, 0.25) is 0 Å². The van der Waals surface area contributed by atoms with E-state index in [-0.39, 0.29) is 6.61 Å². The lowest BCUT2D eigenvalue weighted by Crippen LogP contribution is -2.46. The third-order valence-electron chi connectivity index (χ3n) is 5.94. The Labute approximate surface area is 196 Å². The third-order valence-corrected chi connectivity index (χ3v) is 6.91. The molecule has 2 aromatic heterocycles. The van der Waals surface area contributed by atoms with Crippen molar-refractivity contribution in [2.24, 2.45) is 0 Å². The number of carboxylic acids is 1. The van der Waals surface area contributed by atoms with E-state index in [0.717, 1.165) is 43.1 Å². The van der Waals surface area contributed by atoms with Crippen molar-refractivity contribution in [1.29, 1.82) is 0 Å². The molecule has 0 unspecified atom stereocenters. The highest BCUT2D eigenvalue weighted by Gasteiger charge is 2.20. The minimum absolute atomic E-state index is 0.346. The maximum Gasteiger partial charge on any atom is 0.341 e. The molecule has 1 N–H and O–H groups in total. The molecule has 3 heterocycles. The van der Waals surface area contributed by atoms with Crippen molar-refractivity contribution in [2.75, 3.05) is 37.7 Å². The number of rotatable bonds is 7. The molecule has 168 valence electrons. The predicted octanol–water partition coefficient (Wildman–Crippen LogP) is 4.75. The summed E-state index contributed by atoms with van der Waals surface area (Å²) in [5, 5.41) is 12.5. The average Bonchev–Trinajstić information content (AvgIpc) is 3.28. The van der Waals surface area contributed by atoms with E-state index < -0.39 is 5.97 Å². The molecule has 5 rings (SSSR count). The van der Waals surface area contributed by atoms with Gasteiger partial charge in [0.25, 0.3) is 0 Å². The molecule has 33 heavy (non-hydrogen) atoms. The zero-order chi connectivity index (χ0) is 22.6. The largest absolute Gasteiger partial charge is 0.482 e.